The molecule has 1 aromatic heterocycles. The number of rotatable bonds is 5. The zero-order chi connectivity index (χ0) is 14.7. The van der Waals surface area contributed by atoms with Crippen LogP contribution in [0.25, 0.3) is 0 Å². The molecule has 2 aromatic rings. The summed E-state index contributed by atoms with van der Waals surface area (Å²) in [6.07, 6.45) is 2.24. The van der Waals surface area contributed by atoms with Gasteiger partial charge >= 0.3 is 0 Å². The Kier molecular flexibility index (Phi) is 4.57. The lowest BCUT2D eigenvalue weighted by molar-refractivity contribution is 0.627. The number of aromatic nitrogens is 2. The number of nitrogens with one attached hydrogen (secondary N) is 1. The summed E-state index contributed by atoms with van der Waals surface area (Å²) in [7, 11) is 1.97. The van der Waals surface area contributed by atoms with Gasteiger partial charge in [-0.1, -0.05) is 37.6 Å². The van der Waals surface area contributed by atoms with Crippen LogP contribution in [0.2, 0.25) is 0 Å². The Morgan fingerprint density at radius 1 is 1.35 bits per heavy atom. The van der Waals surface area contributed by atoms with Crippen LogP contribution >= 0.6 is 0 Å². The minimum absolute atomic E-state index is 0.0134. The van der Waals surface area contributed by atoms with Crippen molar-refractivity contribution in [3.8, 4) is 0 Å². The molecule has 0 amide bonds. The maximum Gasteiger partial charge on any atom is 0.0746 e. The average molecular weight is 272 g/mol. The Morgan fingerprint density at radius 3 is 2.65 bits per heavy atom. The Labute approximate surface area is 121 Å². The summed E-state index contributed by atoms with van der Waals surface area (Å²) in [6, 6.07) is 8.62. The molecule has 2 rings (SSSR count). The van der Waals surface area contributed by atoms with E-state index >= 15 is 0 Å². The van der Waals surface area contributed by atoms with Crippen LogP contribution in [-0.2, 0) is 13.5 Å². The standard InChI is InChI=1S/C16H24N4/c1-5-7-13-8-6-9-14(10-13)16(18-17)15-11(2)19-20(4)12(15)3/h6,8-10,16,18H,5,7,17H2,1-4H3. The van der Waals surface area contributed by atoms with E-state index in [0.717, 1.165) is 24.2 Å². The van der Waals surface area contributed by atoms with Crippen molar-refractivity contribution in [2.45, 2.75) is 39.7 Å². The van der Waals surface area contributed by atoms with E-state index in [4.69, 9.17) is 5.84 Å². The predicted molar refractivity (Wildman–Crippen MR) is 82.3 cm³/mol. The molecule has 4 nitrogen and oxygen atoms in total. The van der Waals surface area contributed by atoms with Gasteiger partial charge in [0.15, 0.2) is 0 Å². The average Bonchev–Trinajstić information content (AvgIpc) is 2.67. The van der Waals surface area contributed by atoms with E-state index in [2.05, 4.69) is 48.6 Å². The van der Waals surface area contributed by atoms with Gasteiger partial charge in [-0.2, -0.15) is 5.10 Å². The highest BCUT2D eigenvalue weighted by Gasteiger charge is 2.20. The highest BCUT2D eigenvalue weighted by atomic mass is 15.3. The van der Waals surface area contributed by atoms with Crippen molar-refractivity contribution in [2.75, 3.05) is 0 Å². The molecule has 0 spiro atoms. The van der Waals surface area contributed by atoms with Crippen molar-refractivity contribution in [3.05, 3.63) is 52.3 Å². The van der Waals surface area contributed by atoms with Gasteiger partial charge < -0.3 is 0 Å². The third kappa shape index (κ3) is 2.76. The SMILES string of the molecule is CCCc1cccc(C(NN)c2c(C)nn(C)c2C)c1. The van der Waals surface area contributed by atoms with Crippen LogP contribution in [0.4, 0.5) is 0 Å². The van der Waals surface area contributed by atoms with E-state index in [1.165, 1.54) is 16.7 Å². The second-order valence-electron chi connectivity index (χ2n) is 5.30. The number of aryl methyl sites for hydroxylation is 3. The molecule has 1 atom stereocenters. The third-order valence-corrected chi connectivity index (χ3v) is 3.84. The molecule has 1 unspecified atom stereocenters. The Balaban J connectivity index is 2.44. The first-order valence-corrected chi connectivity index (χ1v) is 7.13. The van der Waals surface area contributed by atoms with Gasteiger partial charge in [-0.25, -0.2) is 5.43 Å². The minimum Gasteiger partial charge on any atom is -0.272 e. The summed E-state index contributed by atoms with van der Waals surface area (Å²) in [5.41, 5.74) is 8.83. The number of nitrogens with zero attached hydrogens (tertiary/aromatic N) is 2. The first-order valence-electron chi connectivity index (χ1n) is 7.13. The lowest BCUT2D eigenvalue weighted by Crippen LogP contribution is -2.29. The van der Waals surface area contributed by atoms with Gasteiger partial charge in [-0.3, -0.25) is 10.5 Å². The molecule has 1 aromatic carbocycles. The van der Waals surface area contributed by atoms with Gasteiger partial charge in [0, 0.05) is 18.3 Å². The largest absolute Gasteiger partial charge is 0.272 e. The number of hydrazine groups is 1. The summed E-state index contributed by atoms with van der Waals surface area (Å²) in [6.45, 7) is 6.30. The molecule has 0 aliphatic carbocycles. The molecule has 3 N–H and O–H groups in total. The molecule has 20 heavy (non-hydrogen) atoms. The first-order chi connectivity index (χ1) is 9.58. The van der Waals surface area contributed by atoms with Crippen molar-refractivity contribution in [1.82, 2.24) is 15.2 Å². The molecule has 0 aliphatic rings. The van der Waals surface area contributed by atoms with Gasteiger partial charge in [0.1, 0.15) is 0 Å². The molecule has 0 radical (unpaired) electrons. The van der Waals surface area contributed by atoms with Crippen LogP contribution in [0.15, 0.2) is 24.3 Å². The molecular formula is C16H24N4. The summed E-state index contributed by atoms with van der Waals surface area (Å²) in [5.74, 6) is 5.82. The van der Waals surface area contributed by atoms with Crippen LogP contribution in [0.5, 0.6) is 0 Å². The van der Waals surface area contributed by atoms with Crippen molar-refractivity contribution in [1.29, 1.82) is 0 Å². The molecule has 0 fully saturated rings. The Hall–Kier alpha value is -1.65. The van der Waals surface area contributed by atoms with Crippen LogP contribution in [0.3, 0.4) is 0 Å². The second kappa shape index (κ2) is 6.20. The van der Waals surface area contributed by atoms with Crippen molar-refractivity contribution in [2.24, 2.45) is 12.9 Å². The van der Waals surface area contributed by atoms with E-state index in [9.17, 15) is 0 Å². The minimum atomic E-state index is -0.0134. The molecule has 0 saturated heterocycles. The fourth-order valence-electron chi connectivity index (χ4n) is 2.77. The zero-order valence-electron chi connectivity index (χ0n) is 12.8. The summed E-state index contributed by atoms with van der Waals surface area (Å²) in [4.78, 5) is 0. The maximum absolute atomic E-state index is 5.82. The van der Waals surface area contributed by atoms with E-state index in [-0.39, 0.29) is 6.04 Å². The van der Waals surface area contributed by atoms with E-state index < -0.39 is 0 Å². The molecule has 0 saturated carbocycles. The predicted octanol–water partition coefficient (Wildman–Crippen LogP) is 2.54. The monoisotopic (exact) mass is 272 g/mol. The van der Waals surface area contributed by atoms with Crippen molar-refractivity contribution >= 4 is 0 Å². The molecule has 0 aliphatic heterocycles. The Morgan fingerprint density at radius 2 is 2.10 bits per heavy atom. The first kappa shape index (κ1) is 14.8. The second-order valence-corrected chi connectivity index (χ2v) is 5.30. The molecule has 1 heterocycles. The van der Waals surface area contributed by atoms with Crippen LogP contribution in [-0.4, -0.2) is 9.78 Å². The van der Waals surface area contributed by atoms with Gasteiger partial charge in [0.05, 0.1) is 11.7 Å². The normalized spacial score (nSPS) is 12.7. The third-order valence-electron chi connectivity index (χ3n) is 3.84. The topological polar surface area (TPSA) is 55.9 Å². The van der Waals surface area contributed by atoms with E-state index in [1.807, 2.05) is 18.7 Å². The highest BCUT2D eigenvalue weighted by Crippen LogP contribution is 2.27. The van der Waals surface area contributed by atoms with E-state index in [1.54, 1.807) is 0 Å². The number of benzene rings is 1. The number of hydrogen-bond acceptors (Lipinski definition) is 3. The zero-order valence-corrected chi connectivity index (χ0v) is 12.8. The number of hydrogen-bond donors (Lipinski definition) is 2. The summed E-state index contributed by atoms with van der Waals surface area (Å²) >= 11 is 0. The molecule has 0 bridgehead atoms. The smallest absolute Gasteiger partial charge is 0.0746 e. The van der Waals surface area contributed by atoms with E-state index in [0.29, 0.717) is 0 Å². The van der Waals surface area contributed by atoms with Crippen molar-refractivity contribution < 1.29 is 0 Å². The molecule has 4 heteroatoms. The van der Waals surface area contributed by atoms with Gasteiger partial charge in [0.25, 0.3) is 0 Å². The fraction of sp³-hybridized carbons (Fsp3) is 0.438. The lowest BCUT2D eigenvalue weighted by atomic mass is 9.95. The lowest BCUT2D eigenvalue weighted by Gasteiger charge is -2.18. The van der Waals surface area contributed by atoms with Crippen LogP contribution in [0.1, 0.15) is 47.5 Å². The van der Waals surface area contributed by atoms with Crippen LogP contribution in [0, 0.1) is 13.8 Å². The summed E-state index contributed by atoms with van der Waals surface area (Å²) in [5, 5.41) is 4.48. The highest BCUT2D eigenvalue weighted by molar-refractivity contribution is 5.38. The fourth-order valence-corrected chi connectivity index (χ4v) is 2.77. The summed E-state index contributed by atoms with van der Waals surface area (Å²) < 4.78 is 1.91. The van der Waals surface area contributed by atoms with Crippen LogP contribution < -0.4 is 11.3 Å². The number of nitrogens with two attached hydrogens (primary N) is 1. The Bertz CT molecular complexity index is 586. The molecular weight excluding hydrogens is 248 g/mol. The quantitative estimate of drug-likeness (QED) is 0.649. The van der Waals surface area contributed by atoms with Crippen molar-refractivity contribution in [3.63, 3.8) is 0 Å². The van der Waals surface area contributed by atoms with Gasteiger partial charge in [-0.05, 0) is 31.4 Å². The van der Waals surface area contributed by atoms with Gasteiger partial charge in [0.2, 0.25) is 0 Å². The molecule has 108 valence electrons. The van der Waals surface area contributed by atoms with Gasteiger partial charge in [-0.15, -0.1) is 0 Å². The maximum atomic E-state index is 5.82.